The van der Waals surface area contributed by atoms with Gasteiger partial charge in [0.15, 0.2) is 0 Å². The average molecular weight is 263 g/mol. The smallest absolute Gasteiger partial charge is 0.410 e. The fourth-order valence-corrected chi connectivity index (χ4v) is 2.34. The van der Waals surface area contributed by atoms with Crippen molar-refractivity contribution >= 4 is 6.09 Å². The summed E-state index contributed by atoms with van der Waals surface area (Å²) in [6.07, 6.45) is -0.274. The Morgan fingerprint density at radius 1 is 1.00 bits per heavy atom. The van der Waals surface area contributed by atoms with Crippen molar-refractivity contribution in [3.8, 4) is 0 Å². The van der Waals surface area contributed by atoms with Crippen molar-refractivity contribution in [3.05, 3.63) is 35.9 Å². The summed E-state index contributed by atoms with van der Waals surface area (Å²) in [5.41, 5.74) is 0.455. The number of amides is 1. The highest BCUT2D eigenvalue weighted by atomic mass is 16.6. The molecule has 0 heterocycles. The molecule has 3 nitrogen and oxygen atoms in total. The number of carbonyl (C=O) groups excluding carboxylic acids is 1. The number of ether oxygens (including phenoxy) is 1. The van der Waals surface area contributed by atoms with E-state index in [4.69, 9.17) is 4.74 Å². The molecule has 0 unspecified atom stereocenters. The maximum Gasteiger partial charge on any atom is 0.410 e. The van der Waals surface area contributed by atoms with Gasteiger partial charge in [0.1, 0.15) is 6.61 Å². The van der Waals surface area contributed by atoms with Crippen LogP contribution in [0.1, 0.15) is 47.1 Å². The molecule has 1 aromatic carbocycles. The summed E-state index contributed by atoms with van der Waals surface area (Å²) in [5.74, 6) is 0. The molecule has 0 aliphatic carbocycles. The molecule has 106 valence electrons. The van der Waals surface area contributed by atoms with Crippen LogP contribution >= 0.6 is 0 Å². The van der Waals surface area contributed by atoms with E-state index in [2.05, 4.69) is 0 Å². The summed E-state index contributed by atoms with van der Waals surface area (Å²) >= 11 is 0. The third-order valence-electron chi connectivity index (χ3n) is 2.73. The first-order chi connectivity index (χ1) is 8.62. The third kappa shape index (κ3) is 4.58. The van der Waals surface area contributed by atoms with Gasteiger partial charge in [-0.2, -0.15) is 0 Å². The van der Waals surface area contributed by atoms with Crippen molar-refractivity contribution in [3.63, 3.8) is 0 Å². The first kappa shape index (κ1) is 15.5. The number of carbonyl (C=O) groups is 1. The van der Waals surface area contributed by atoms with Crippen molar-refractivity contribution in [2.24, 2.45) is 0 Å². The number of hydrogen-bond donors (Lipinski definition) is 0. The molecule has 1 rings (SSSR count). The van der Waals surface area contributed by atoms with E-state index in [0.717, 1.165) is 5.56 Å². The Kier molecular flexibility index (Phi) is 4.61. The van der Waals surface area contributed by atoms with Crippen molar-refractivity contribution in [1.82, 2.24) is 4.90 Å². The summed E-state index contributed by atoms with van der Waals surface area (Å²) in [6, 6.07) is 9.72. The highest BCUT2D eigenvalue weighted by molar-refractivity contribution is 5.69. The molecule has 0 N–H and O–H groups in total. The number of rotatable bonds is 2. The molecule has 3 heteroatoms. The minimum atomic E-state index is -0.274. The van der Waals surface area contributed by atoms with Gasteiger partial charge in [-0.3, -0.25) is 4.90 Å². The van der Waals surface area contributed by atoms with Gasteiger partial charge < -0.3 is 4.74 Å². The van der Waals surface area contributed by atoms with Crippen LogP contribution in [0, 0.1) is 0 Å². The fraction of sp³-hybridized carbons (Fsp3) is 0.562. The van der Waals surface area contributed by atoms with Gasteiger partial charge in [-0.15, -0.1) is 0 Å². The quantitative estimate of drug-likeness (QED) is 0.799. The van der Waals surface area contributed by atoms with E-state index in [-0.39, 0.29) is 17.2 Å². The number of nitrogens with zero attached hydrogens (tertiary/aromatic N) is 1. The lowest BCUT2D eigenvalue weighted by Crippen LogP contribution is -2.55. The first-order valence-corrected chi connectivity index (χ1v) is 6.63. The second-order valence-corrected chi connectivity index (χ2v) is 6.72. The molecule has 0 aliphatic rings. The average Bonchev–Trinajstić information content (AvgIpc) is 2.24. The van der Waals surface area contributed by atoms with Crippen molar-refractivity contribution < 1.29 is 9.53 Å². The summed E-state index contributed by atoms with van der Waals surface area (Å²) in [4.78, 5) is 14.1. The predicted molar refractivity (Wildman–Crippen MR) is 78.0 cm³/mol. The van der Waals surface area contributed by atoms with Gasteiger partial charge in [0.2, 0.25) is 0 Å². The molecule has 0 atom stereocenters. The molecule has 0 saturated carbocycles. The SMILES string of the molecule is CC(C)(C)N(C(=O)OCc1ccccc1)C(C)(C)C. The van der Waals surface area contributed by atoms with E-state index in [9.17, 15) is 4.79 Å². The Hall–Kier alpha value is -1.51. The molecule has 0 radical (unpaired) electrons. The van der Waals surface area contributed by atoms with Crippen LogP contribution in [0.2, 0.25) is 0 Å². The predicted octanol–water partition coefficient (Wildman–Crippen LogP) is 4.22. The van der Waals surface area contributed by atoms with Crippen LogP contribution in [0.4, 0.5) is 4.79 Å². The molecular formula is C16H25NO2. The van der Waals surface area contributed by atoms with Gasteiger partial charge in [0.05, 0.1) is 0 Å². The molecule has 0 aliphatic heterocycles. The van der Waals surface area contributed by atoms with Crippen LogP contribution in [0.5, 0.6) is 0 Å². The summed E-state index contributed by atoms with van der Waals surface area (Å²) in [5, 5.41) is 0. The normalized spacial score (nSPS) is 12.1. The van der Waals surface area contributed by atoms with Crippen LogP contribution in [0.25, 0.3) is 0 Å². The molecule has 1 aromatic rings. The van der Waals surface area contributed by atoms with Crippen LogP contribution in [-0.4, -0.2) is 22.1 Å². The molecule has 0 saturated heterocycles. The van der Waals surface area contributed by atoms with Crippen LogP contribution in [0.15, 0.2) is 30.3 Å². The molecule has 1 amide bonds. The zero-order valence-electron chi connectivity index (χ0n) is 12.9. The maximum atomic E-state index is 12.3. The lowest BCUT2D eigenvalue weighted by molar-refractivity contribution is 0.0170. The highest BCUT2D eigenvalue weighted by Crippen LogP contribution is 2.25. The Bertz CT molecular complexity index is 399. The van der Waals surface area contributed by atoms with Crippen molar-refractivity contribution in [1.29, 1.82) is 0 Å². The fourth-order valence-electron chi connectivity index (χ4n) is 2.34. The zero-order valence-corrected chi connectivity index (χ0v) is 12.9. The van der Waals surface area contributed by atoms with Gasteiger partial charge in [0, 0.05) is 11.1 Å². The Labute approximate surface area is 116 Å². The third-order valence-corrected chi connectivity index (χ3v) is 2.73. The Morgan fingerprint density at radius 2 is 1.47 bits per heavy atom. The molecule has 0 fully saturated rings. The summed E-state index contributed by atoms with van der Waals surface area (Å²) in [7, 11) is 0. The molecule has 0 aromatic heterocycles. The second kappa shape index (κ2) is 5.64. The van der Waals surface area contributed by atoms with Crippen molar-refractivity contribution in [2.75, 3.05) is 0 Å². The van der Waals surface area contributed by atoms with Gasteiger partial charge in [0.25, 0.3) is 0 Å². The minimum Gasteiger partial charge on any atom is -0.445 e. The number of benzene rings is 1. The summed E-state index contributed by atoms with van der Waals surface area (Å²) < 4.78 is 5.43. The highest BCUT2D eigenvalue weighted by Gasteiger charge is 2.36. The van der Waals surface area contributed by atoms with Crippen LogP contribution in [0.3, 0.4) is 0 Å². The van der Waals surface area contributed by atoms with Gasteiger partial charge in [-0.25, -0.2) is 4.79 Å². The summed E-state index contributed by atoms with van der Waals surface area (Å²) in [6.45, 7) is 12.4. The monoisotopic (exact) mass is 263 g/mol. The van der Waals surface area contributed by atoms with Gasteiger partial charge in [-0.1, -0.05) is 30.3 Å². The van der Waals surface area contributed by atoms with E-state index in [1.165, 1.54) is 0 Å². The molecule has 19 heavy (non-hydrogen) atoms. The van der Waals surface area contributed by atoms with Crippen LogP contribution < -0.4 is 0 Å². The molecular weight excluding hydrogens is 238 g/mol. The minimum absolute atomic E-state index is 0.272. The van der Waals surface area contributed by atoms with E-state index >= 15 is 0 Å². The lowest BCUT2D eigenvalue weighted by Gasteiger charge is -2.44. The zero-order chi connectivity index (χ0) is 14.7. The van der Waals surface area contributed by atoms with Crippen molar-refractivity contribution in [2.45, 2.75) is 59.2 Å². The van der Waals surface area contributed by atoms with E-state index < -0.39 is 0 Å². The first-order valence-electron chi connectivity index (χ1n) is 6.63. The van der Waals surface area contributed by atoms with E-state index in [0.29, 0.717) is 6.61 Å². The largest absolute Gasteiger partial charge is 0.445 e. The molecule has 0 bridgehead atoms. The Morgan fingerprint density at radius 3 is 1.89 bits per heavy atom. The molecule has 0 spiro atoms. The topological polar surface area (TPSA) is 29.5 Å². The van der Waals surface area contributed by atoms with Gasteiger partial charge >= 0.3 is 6.09 Å². The maximum absolute atomic E-state index is 12.3. The van der Waals surface area contributed by atoms with Crippen LogP contribution in [-0.2, 0) is 11.3 Å². The van der Waals surface area contributed by atoms with Gasteiger partial charge in [-0.05, 0) is 47.1 Å². The Balaban J connectivity index is 2.74. The standard InChI is InChI=1S/C16H25NO2/c1-15(2,3)17(16(4,5)6)14(18)19-12-13-10-8-7-9-11-13/h7-11H,12H2,1-6H3. The van der Waals surface area contributed by atoms with E-state index in [1.807, 2.05) is 71.9 Å². The second-order valence-electron chi connectivity index (χ2n) is 6.72. The van der Waals surface area contributed by atoms with E-state index in [1.54, 1.807) is 4.90 Å². The lowest BCUT2D eigenvalue weighted by atomic mass is 9.97. The number of hydrogen-bond acceptors (Lipinski definition) is 2.